The minimum Gasteiger partial charge on any atom is -0.508 e. The van der Waals surface area contributed by atoms with Crippen molar-refractivity contribution in [2.24, 2.45) is 0 Å². The predicted octanol–water partition coefficient (Wildman–Crippen LogP) is 3.20. The van der Waals surface area contributed by atoms with Crippen LogP contribution in [-0.4, -0.2) is 30.1 Å². The highest BCUT2D eigenvalue weighted by atomic mass is 16.5. The zero-order valence-electron chi connectivity index (χ0n) is 15.6. The van der Waals surface area contributed by atoms with Crippen molar-refractivity contribution in [3.63, 3.8) is 0 Å². The number of nitrogens with one attached hydrogen (secondary N) is 1. The Labute approximate surface area is 154 Å². The molecule has 1 amide bonds. The van der Waals surface area contributed by atoms with Gasteiger partial charge in [-0.3, -0.25) is 4.79 Å². The van der Waals surface area contributed by atoms with Gasteiger partial charge in [-0.2, -0.15) is 0 Å². The van der Waals surface area contributed by atoms with Crippen LogP contribution in [0, 0.1) is 0 Å². The molecule has 26 heavy (non-hydrogen) atoms. The summed E-state index contributed by atoms with van der Waals surface area (Å²) in [6.45, 7) is 6.40. The lowest BCUT2D eigenvalue weighted by atomic mass is 9.86. The largest absolute Gasteiger partial charge is 0.508 e. The Morgan fingerprint density at radius 3 is 2.31 bits per heavy atom. The maximum absolute atomic E-state index is 12.4. The van der Waals surface area contributed by atoms with Gasteiger partial charge in [0.05, 0.1) is 7.11 Å². The van der Waals surface area contributed by atoms with Gasteiger partial charge in [0.15, 0.2) is 0 Å². The van der Waals surface area contributed by atoms with Crippen molar-refractivity contribution in [3.05, 3.63) is 65.2 Å². The van der Waals surface area contributed by atoms with E-state index in [4.69, 9.17) is 4.74 Å². The molecule has 2 aromatic rings. The number of phenolic OH excluding ortho intramolecular Hbond substituents is 1. The first-order valence-electron chi connectivity index (χ1n) is 8.48. The Kier molecular flexibility index (Phi) is 6.03. The molecule has 2 rings (SSSR count). The van der Waals surface area contributed by atoms with Crippen LogP contribution >= 0.6 is 0 Å². The number of phenols is 1. The van der Waals surface area contributed by atoms with E-state index in [1.54, 1.807) is 12.1 Å². The van der Waals surface area contributed by atoms with Crippen molar-refractivity contribution >= 4 is 11.9 Å². The monoisotopic (exact) mass is 355 g/mol. The summed E-state index contributed by atoms with van der Waals surface area (Å²) >= 11 is 0. The van der Waals surface area contributed by atoms with Crippen LogP contribution in [0.3, 0.4) is 0 Å². The normalized spacial score (nSPS) is 12.3. The topological polar surface area (TPSA) is 75.6 Å². The van der Waals surface area contributed by atoms with Crippen LogP contribution in [0.2, 0.25) is 0 Å². The quantitative estimate of drug-likeness (QED) is 0.808. The van der Waals surface area contributed by atoms with E-state index in [9.17, 15) is 14.7 Å². The number of carbonyl (C=O) groups excluding carboxylic acids is 2. The SMILES string of the molecule is COC(=O)[C@@H](Cc1ccc(C(C)(C)C)cc1)NC(=O)c1cccc(O)c1. The summed E-state index contributed by atoms with van der Waals surface area (Å²) in [6.07, 6.45) is 0.321. The van der Waals surface area contributed by atoms with Crippen LogP contribution < -0.4 is 5.32 Å². The third-order valence-corrected chi connectivity index (χ3v) is 4.16. The summed E-state index contributed by atoms with van der Waals surface area (Å²) < 4.78 is 4.82. The van der Waals surface area contributed by atoms with E-state index in [0.29, 0.717) is 6.42 Å². The Morgan fingerprint density at radius 1 is 1.12 bits per heavy atom. The second-order valence-electron chi connectivity index (χ2n) is 7.25. The minimum absolute atomic E-state index is 0.00922. The number of methoxy groups -OCH3 is 1. The van der Waals surface area contributed by atoms with Crippen molar-refractivity contribution in [2.75, 3.05) is 7.11 Å². The summed E-state index contributed by atoms with van der Waals surface area (Å²) in [5.41, 5.74) is 2.44. The van der Waals surface area contributed by atoms with E-state index in [0.717, 1.165) is 5.56 Å². The van der Waals surface area contributed by atoms with E-state index in [2.05, 4.69) is 26.1 Å². The van der Waals surface area contributed by atoms with Crippen molar-refractivity contribution in [3.8, 4) is 5.75 Å². The third kappa shape index (κ3) is 5.09. The van der Waals surface area contributed by atoms with Crippen LogP contribution in [-0.2, 0) is 21.4 Å². The predicted molar refractivity (Wildman–Crippen MR) is 100 cm³/mol. The number of hydrogen-bond donors (Lipinski definition) is 2. The fourth-order valence-corrected chi connectivity index (χ4v) is 2.60. The number of esters is 1. The van der Waals surface area contributed by atoms with Crippen molar-refractivity contribution in [1.82, 2.24) is 5.32 Å². The second-order valence-corrected chi connectivity index (χ2v) is 7.25. The molecule has 5 nitrogen and oxygen atoms in total. The molecule has 0 saturated heterocycles. The van der Waals surface area contributed by atoms with Gasteiger partial charge in [0.2, 0.25) is 0 Å². The maximum atomic E-state index is 12.4. The van der Waals surface area contributed by atoms with E-state index in [-0.39, 0.29) is 16.7 Å². The van der Waals surface area contributed by atoms with Crippen LogP contribution in [0.25, 0.3) is 0 Å². The van der Waals surface area contributed by atoms with Gasteiger partial charge in [-0.1, -0.05) is 51.1 Å². The smallest absolute Gasteiger partial charge is 0.328 e. The number of amides is 1. The van der Waals surface area contributed by atoms with Crippen LogP contribution in [0.15, 0.2) is 48.5 Å². The number of rotatable bonds is 5. The van der Waals surface area contributed by atoms with Crippen molar-refractivity contribution in [1.29, 1.82) is 0 Å². The molecule has 0 aromatic heterocycles. The molecule has 1 atom stereocenters. The molecule has 2 aromatic carbocycles. The Hall–Kier alpha value is -2.82. The molecule has 0 aliphatic heterocycles. The van der Waals surface area contributed by atoms with Gasteiger partial charge in [-0.25, -0.2) is 4.79 Å². The Balaban J connectivity index is 2.15. The van der Waals surface area contributed by atoms with E-state index in [1.165, 1.54) is 24.8 Å². The second kappa shape index (κ2) is 8.04. The summed E-state index contributed by atoms with van der Waals surface area (Å²) in [4.78, 5) is 24.5. The third-order valence-electron chi connectivity index (χ3n) is 4.16. The molecule has 2 N–H and O–H groups in total. The highest BCUT2D eigenvalue weighted by molar-refractivity contribution is 5.97. The number of benzene rings is 2. The fourth-order valence-electron chi connectivity index (χ4n) is 2.60. The minimum atomic E-state index is -0.810. The van der Waals surface area contributed by atoms with Crippen molar-refractivity contribution in [2.45, 2.75) is 38.6 Å². The molecule has 138 valence electrons. The van der Waals surface area contributed by atoms with Crippen LogP contribution in [0.5, 0.6) is 5.75 Å². The first-order chi connectivity index (χ1) is 12.2. The molecule has 5 heteroatoms. The van der Waals surface area contributed by atoms with Gasteiger partial charge in [-0.05, 0) is 34.7 Å². The lowest BCUT2D eigenvalue weighted by molar-refractivity contribution is -0.142. The molecule has 0 heterocycles. The zero-order valence-corrected chi connectivity index (χ0v) is 15.6. The number of aromatic hydroxyl groups is 1. The molecule has 0 saturated carbocycles. The summed E-state index contributed by atoms with van der Waals surface area (Å²) in [6, 6.07) is 13.1. The van der Waals surface area contributed by atoms with Gasteiger partial charge >= 0.3 is 5.97 Å². The fraction of sp³-hybridized carbons (Fsp3) is 0.333. The van der Waals surface area contributed by atoms with Gasteiger partial charge in [0.1, 0.15) is 11.8 Å². The standard InChI is InChI=1S/C21H25NO4/c1-21(2,3)16-10-8-14(9-11-16)12-18(20(25)26-4)22-19(24)15-6-5-7-17(23)13-15/h5-11,13,18,23H,12H2,1-4H3,(H,22,24)/t18-/m1/s1. The van der Waals surface area contributed by atoms with Crippen LogP contribution in [0.1, 0.15) is 42.3 Å². The molecule has 0 fully saturated rings. The highest BCUT2D eigenvalue weighted by Crippen LogP contribution is 2.22. The molecule has 0 radical (unpaired) electrons. The summed E-state index contributed by atoms with van der Waals surface area (Å²) in [5.74, 6) is -0.967. The Bertz CT molecular complexity index is 775. The lowest BCUT2D eigenvalue weighted by Gasteiger charge is -2.20. The molecular weight excluding hydrogens is 330 g/mol. The summed E-state index contributed by atoms with van der Waals surface area (Å²) in [7, 11) is 1.29. The van der Waals surface area contributed by atoms with E-state index >= 15 is 0 Å². The molecule has 0 aliphatic rings. The Morgan fingerprint density at radius 2 is 1.77 bits per heavy atom. The molecule has 0 aliphatic carbocycles. The van der Waals surface area contributed by atoms with E-state index in [1.807, 2.05) is 24.3 Å². The van der Waals surface area contributed by atoms with Gasteiger partial charge in [0, 0.05) is 12.0 Å². The molecule has 0 unspecified atom stereocenters. The lowest BCUT2D eigenvalue weighted by Crippen LogP contribution is -2.43. The maximum Gasteiger partial charge on any atom is 0.328 e. The average Bonchev–Trinajstić information content (AvgIpc) is 2.60. The van der Waals surface area contributed by atoms with Gasteiger partial charge in [0.25, 0.3) is 5.91 Å². The number of hydrogen-bond acceptors (Lipinski definition) is 4. The number of ether oxygens (including phenoxy) is 1. The highest BCUT2D eigenvalue weighted by Gasteiger charge is 2.23. The van der Waals surface area contributed by atoms with Gasteiger partial charge in [-0.15, -0.1) is 0 Å². The molecule has 0 bridgehead atoms. The summed E-state index contributed by atoms with van der Waals surface area (Å²) in [5, 5.41) is 12.2. The number of carbonyl (C=O) groups is 2. The van der Waals surface area contributed by atoms with Crippen LogP contribution in [0.4, 0.5) is 0 Å². The van der Waals surface area contributed by atoms with E-state index < -0.39 is 17.9 Å². The average molecular weight is 355 g/mol. The first-order valence-corrected chi connectivity index (χ1v) is 8.48. The zero-order chi connectivity index (χ0) is 19.3. The molecule has 0 spiro atoms. The molecular formula is C21H25NO4. The first kappa shape index (κ1) is 19.5. The van der Waals surface area contributed by atoms with Gasteiger partial charge < -0.3 is 15.2 Å². The van der Waals surface area contributed by atoms with Crippen molar-refractivity contribution < 1.29 is 19.4 Å².